The first-order valence-corrected chi connectivity index (χ1v) is 9.68. The van der Waals surface area contributed by atoms with Gasteiger partial charge in [0.15, 0.2) is 5.69 Å². The Labute approximate surface area is 207 Å². The zero-order valence-corrected chi connectivity index (χ0v) is 20.7. The molecule has 3 rings (SSSR count). The average Bonchev–Trinajstić information content (AvgIpc) is 3.18. The third-order valence-corrected chi connectivity index (χ3v) is 5.25. The number of nitrogens with zero attached hydrogens (tertiary/aromatic N) is 5. The molecule has 0 N–H and O–H groups in total. The minimum atomic E-state index is -1.59. The molecule has 0 amide bonds. The molecule has 1 aromatic carbocycles. The smallest absolute Gasteiger partial charge is 0.543 e. The van der Waals surface area contributed by atoms with E-state index in [1.54, 1.807) is 37.0 Å². The van der Waals surface area contributed by atoms with Gasteiger partial charge in [0.05, 0.1) is 25.8 Å². The van der Waals surface area contributed by atoms with Gasteiger partial charge in [-0.3, -0.25) is 14.0 Å². The van der Waals surface area contributed by atoms with E-state index in [2.05, 4.69) is 14.9 Å². The Morgan fingerprint density at radius 1 is 1.34 bits per heavy atom. The third kappa shape index (κ3) is 4.63. The van der Waals surface area contributed by atoms with Gasteiger partial charge in [-0.1, -0.05) is 31.2 Å². The Balaban J connectivity index is 0.00000363. The molecule has 0 spiro atoms. The summed E-state index contributed by atoms with van der Waals surface area (Å²) < 4.78 is 8.05. The van der Waals surface area contributed by atoms with Crippen molar-refractivity contribution >= 4 is 11.7 Å². The first-order valence-electron chi connectivity index (χ1n) is 9.68. The molecule has 2 unspecified atom stereocenters. The van der Waals surface area contributed by atoms with Crippen molar-refractivity contribution in [1.82, 2.24) is 19.3 Å². The average molecular weight is 443 g/mol. The molecule has 0 radical (unpaired) electrons. The molecule has 160 valence electrons. The molecular formula is C22H22N5NaO4. The van der Waals surface area contributed by atoms with Crippen LogP contribution in [0.3, 0.4) is 0 Å². The van der Waals surface area contributed by atoms with Crippen molar-refractivity contribution in [2.75, 3.05) is 7.11 Å². The van der Waals surface area contributed by atoms with Gasteiger partial charge < -0.3 is 14.6 Å². The van der Waals surface area contributed by atoms with Gasteiger partial charge in [-0.2, -0.15) is 5.10 Å². The van der Waals surface area contributed by atoms with Crippen LogP contribution in [0.15, 0.2) is 41.5 Å². The number of benzene rings is 1. The van der Waals surface area contributed by atoms with Crippen molar-refractivity contribution in [3.8, 4) is 5.75 Å². The van der Waals surface area contributed by atoms with Gasteiger partial charge in [-0.25, -0.2) is 9.83 Å². The minimum Gasteiger partial charge on any atom is -0.543 e. The molecule has 0 saturated heterocycles. The molecule has 2 heterocycles. The molecular weight excluding hydrogens is 421 g/mol. The fraction of sp³-hybridized carbons (Fsp3) is 0.318. The Hall–Kier alpha value is -2.93. The van der Waals surface area contributed by atoms with E-state index in [0.29, 0.717) is 5.69 Å². The first kappa shape index (κ1) is 25.3. The van der Waals surface area contributed by atoms with Crippen LogP contribution in [0.25, 0.3) is 4.85 Å². The molecule has 0 saturated carbocycles. The normalized spacial score (nSPS) is 12.3. The molecule has 0 bridgehead atoms. The van der Waals surface area contributed by atoms with Crippen LogP contribution in [0.1, 0.15) is 53.1 Å². The number of methoxy groups -OCH3 is 1. The number of carbonyl (C=O) groups is 1. The van der Waals surface area contributed by atoms with Gasteiger partial charge in [0.2, 0.25) is 5.75 Å². The number of carbonyl (C=O) groups excluding carboxylic acids is 1. The van der Waals surface area contributed by atoms with Crippen LogP contribution in [0.4, 0.5) is 5.69 Å². The van der Waals surface area contributed by atoms with Crippen LogP contribution in [0, 0.1) is 6.57 Å². The molecule has 0 aliphatic heterocycles. The predicted octanol–water partition coefficient (Wildman–Crippen LogP) is -1.14. The minimum absolute atomic E-state index is 0. The van der Waals surface area contributed by atoms with Gasteiger partial charge in [0.1, 0.15) is 11.5 Å². The number of aryl methyl sites for hydroxylation is 1. The maximum Gasteiger partial charge on any atom is 1.00 e. The van der Waals surface area contributed by atoms with Crippen molar-refractivity contribution in [3.05, 3.63) is 81.1 Å². The SMILES string of the molecule is [C-]#[N+]c1ccccc1C(c1cnn(C)c1)C(C)c1nc(C(=O)[O-])c(OC)c(=O)n1CC.[Na+]. The monoisotopic (exact) mass is 443 g/mol. The van der Waals surface area contributed by atoms with Gasteiger partial charge in [0, 0.05) is 31.6 Å². The van der Waals surface area contributed by atoms with Gasteiger partial charge in [0.25, 0.3) is 5.56 Å². The second-order valence-corrected chi connectivity index (χ2v) is 7.07. The van der Waals surface area contributed by atoms with E-state index >= 15 is 0 Å². The third-order valence-electron chi connectivity index (χ3n) is 5.25. The summed E-state index contributed by atoms with van der Waals surface area (Å²) in [6.07, 6.45) is 3.53. The molecule has 9 nitrogen and oxygen atoms in total. The fourth-order valence-electron chi connectivity index (χ4n) is 3.87. The van der Waals surface area contributed by atoms with Gasteiger partial charge in [-0.05, 0) is 18.1 Å². The summed E-state index contributed by atoms with van der Waals surface area (Å²) in [5.74, 6) is -2.56. The van der Waals surface area contributed by atoms with Crippen LogP contribution in [-0.2, 0) is 13.6 Å². The Morgan fingerprint density at radius 3 is 2.56 bits per heavy atom. The van der Waals surface area contributed by atoms with Gasteiger partial charge >= 0.3 is 29.6 Å². The number of ether oxygens (including phenoxy) is 1. The molecule has 3 aromatic rings. The largest absolute Gasteiger partial charge is 1.00 e. The summed E-state index contributed by atoms with van der Waals surface area (Å²) in [5, 5.41) is 15.9. The predicted molar refractivity (Wildman–Crippen MR) is 111 cm³/mol. The molecule has 0 fully saturated rings. The number of para-hydroxylation sites is 1. The summed E-state index contributed by atoms with van der Waals surface area (Å²) in [6, 6.07) is 7.18. The summed E-state index contributed by atoms with van der Waals surface area (Å²) in [5.41, 5.74) is 0.878. The van der Waals surface area contributed by atoms with Crippen molar-refractivity contribution < 1.29 is 44.2 Å². The van der Waals surface area contributed by atoms with Crippen molar-refractivity contribution in [2.24, 2.45) is 7.05 Å². The molecule has 2 atom stereocenters. The topological polar surface area (TPSA) is 106 Å². The van der Waals surface area contributed by atoms with E-state index in [0.717, 1.165) is 11.1 Å². The molecule has 10 heteroatoms. The van der Waals surface area contributed by atoms with Crippen LogP contribution in [0.2, 0.25) is 0 Å². The summed E-state index contributed by atoms with van der Waals surface area (Å²) >= 11 is 0. The van der Waals surface area contributed by atoms with Crippen LogP contribution in [0.5, 0.6) is 5.75 Å². The number of rotatable bonds is 7. The Bertz CT molecular complexity index is 1230. The van der Waals surface area contributed by atoms with E-state index in [4.69, 9.17) is 11.3 Å². The number of aromatic nitrogens is 4. The second-order valence-electron chi connectivity index (χ2n) is 7.07. The van der Waals surface area contributed by atoms with E-state index < -0.39 is 29.1 Å². The fourth-order valence-corrected chi connectivity index (χ4v) is 3.87. The second kappa shape index (κ2) is 10.6. The summed E-state index contributed by atoms with van der Waals surface area (Å²) in [7, 11) is 3.01. The Kier molecular flexibility index (Phi) is 8.38. The first-order chi connectivity index (χ1) is 14.8. The number of hydrogen-bond acceptors (Lipinski definition) is 6. The van der Waals surface area contributed by atoms with Crippen LogP contribution < -0.4 is 45.0 Å². The van der Waals surface area contributed by atoms with E-state index in [9.17, 15) is 14.7 Å². The van der Waals surface area contributed by atoms with Gasteiger partial charge in [-0.15, -0.1) is 0 Å². The van der Waals surface area contributed by atoms with E-state index in [1.165, 1.54) is 11.7 Å². The van der Waals surface area contributed by atoms with Crippen molar-refractivity contribution in [2.45, 2.75) is 32.2 Å². The zero-order valence-electron chi connectivity index (χ0n) is 18.7. The summed E-state index contributed by atoms with van der Waals surface area (Å²) in [6.45, 7) is 11.5. The number of hydrogen-bond donors (Lipinski definition) is 0. The maximum atomic E-state index is 12.9. The number of aromatic carboxylic acids is 1. The van der Waals surface area contributed by atoms with Crippen molar-refractivity contribution in [1.29, 1.82) is 0 Å². The molecule has 0 aliphatic rings. The molecule has 0 aliphatic carbocycles. The Morgan fingerprint density at radius 2 is 2.03 bits per heavy atom. The maximum absolute atomic E-state index is 12.9. The number of carboxylic acid groups (broad SMARTS) is 1. The van der Waals surface area contributed by atoms with Crippen LogP contribution in [-0.4, -0.2) is 32.4 Å². The standard InChI is InChI=1S/C22H23N5O4.Na/c1-6-27-20(25-18(22(29)30)19(31-5)21(27)28)13(2)17(14-11-24-26(4)12-14)15-9-7-8-10-16(15)23-3;/h7-13,17H,6H2,1-2,4-5H3,(H,29,30);/q;+1/p-1. The zero-order chi connectivity index (χ0) is 22.7. The van der Waals surface area contributed by atoms with E-state index in [-0.39, 0.29) is 47.7 Å². The van der Waals surface area contributed by atoms with Crippen LogP contribution >= 0.6 is 0 Å². The summed E-state index contributed by atoms with van der Waals surface area (Å²) in [4.78, 5) is 32.5. The molecule has 32 heavy (non-hydrogen) atoms. The van der Waals surface area contributed by atoms with E-state index in [1.807, 2.05) is 25.3 Å². The quantitative estimate of drug-likeness (QED) is 0.338. The number of carboxylic acids is 1. The van der Waals surface area contributed by atoms with Crippen molar-refractivity contribution in [3.63, 3.8) is 0 Å². The molecule has 2 aromatic heterocycles.